The second-order valence-electron chi connectivity index (χ2n) is 4.75. The maximum Gasteiger partial charge on any atom is 0.471 e. The number of nitrogens with one attached hydrogen (secondary N) is 1. The third kappa shape index (κ3) is 4.95. The Hall–Kier alpha value is -2.56. The van der Waals surface area contributed by atoms with Gasteiger partial charge in [-0.25, -0.2) is 0 Å². The number of carbonyl (C=O) groups excluding carboxylic acids is 1. The van der Waals surface area contributed by atoms with Gasteiger partial charge in [0.1, 0.15) is 11.2 Å². The van der Waals surface area contributed by atoms with Crippen LogP contribution in [0.15, 0.2) is 33.9 Å². The Kier molecular flexibility index (Phi) is 6.02. The number of anilines is 2. The predicted molar refractivity (Wildman–Crippen MR) is 88.8 cm³/mol. The van der Waals surface area contributed by atoms with Gasteiger partial charge in [-0.15, -0.1) is 20.4 Å². The Morgan fingerprint density at radius 3 is 2.56 bits per heavy atom. The number of alkyl halides is 3. The number of amides is 1. The molecule has 0 fully saturated rings. The van der Waals surface area contributed by atoms with Gasteiger partial charge in [0, 0.05) is 18.8 Å². The Labute approximate surface area is 145 Å². The van der Waals surface area contributed by atoms with Gasteiger partial charge in [0.05, 0.1) is 5.69 Å². The number of hydrogen-bond donors (Lipinski definition) is 1. The second kappa shape index (κ2) is 8.01. The van der Waals surface area contributed by atoms with Crippen LogP contribution in [0.25, 0.3) is 0 Å². The molecule has 0 spiro atoms. The van der Waals surface area contributed by atoms with E-state index in [1.54, 1.807) is 6.07 Å². The zero-order valence-corrected chi connectivity index (χ0v) is 14.2. The first kappa shape index (κ1) is 18.8. The number of benzene rings is 1. The van der Waals surface area contributed by atoms with Crippen LogP contribution in [0, 0.1) is 0 Å². The molecule has 0 unspecified atom stereocenters. The monoisotopic (exact) mass is 372 g/mol. The number of nitrogens with zero attached hydrogens (tertiary/aromatic N) is 5. The molecule has 0 saturated carbocycles. The number of halogens is 3. The van der Waals surface area contributed by atoms with Gasteiger partial charge >= 0.3 is 12.1 Å². The van der Waals surface area contributed by atoms with Gasteiger partial charge < -0.3 is 10.2 Å². The van der Waals surface area contributed by atoms with Gasteiger partial charge in [-0.05, 0) is 32.0 Å². The number of aromatic nitrogens is 2. The fourth-order valence-corrected chi connectivity index (χ4v) is 2.37. The Morgan fingerprint density at radius 2 is 2.00 bits per heavy atom. The van der Waals surface area contributed by atoms with E-state index in [2.05, 4.69) is 20.4 Å². The molecule has 0 saturated heterocycles. The largest absolute Gasteiger partial charge is 0.471 e. The summed E-state index contributed by atoms with van der Waals surface area (Å²) in [4.78, 5) is 13.2. The van der Waals surface area contributed by atoms with Gasteiger partial charge in [0.2, 0.25) is 0 Å². The van der Waals surface area contributed by atoms with Crippen molar-refractivity contribution in [1.29, 1.82) is 0 Å². The molecule has 0 aliphatic heterocycles. The van der Waals surface area contributed by atoms with Crippen molar-refractivity contribution in [2.24, 2.45) is 10.2 Å². The highest BCUT2D eigenvalue weighted by atomic mass is 32.1. The molecule has 1 amide bonds. The van der Waals surface area contributed by atoms with Gasteiger partial charge in [-0.1, -0.05) is 11.3 Å². The molecule has 7 nitrogen and oxygen atoms in total. The van der Waals surface area contributed by atoms with E-state index >= 15 is 0 Å². The van der Waals surface area contributed by atoms with Gasteiger partial charge in [0.15, 0.2) is 0 Å². The molecule has 1 heterocycles. The van der Waals surface area contributed by atoms with Crippen LogP contribution in [0.5, 0.6) is 0 Å². The van der Waals surface area contributed by atoms with E-state index in [0.29, 0.717) is 18.8 Å². The van der Waals surface area contributed by atoms with Crippen LogP contribution in [0.2, 0.25) is 0 Å². The maximum atomic E-state index is 12.6. The molecule has 1 aromatic heterocycles. The zero-order chi connectivity index (χ0) is 18.4. The zero-order valence-electron chi connectivity index (χ0n) is 13.4. The molecule has 11 heteroatoms. The van der Waals surface area contributed by atoms with Crippen molar-refractivity contribution in [2.75, 3.05) is 23.3 Å². The highest BCUT2D eigenvalue weighted by Crippen LogP contribution is 2.33. The summed E-state index contributed by atoms with van der Waals surface area (Å²) in [6.45, 7) is 5.16. The smallest absolute Gasteiger partial charge is 0.372 e. The third-order valence-electron chi connectivity index (χ3n) is 3.21. The summed E-state index contributed by atoms with van der Waals surface area (Å²) in [5.41, 5.74) is 2.12. The lowest BCUT2D eigenvalue weighted by atomic mass is 10.2. The van der Waals surface area contributed by atoms with E-state index in [4.69, 9.17) is 0 Å². The third-order valence-corrected chi connectivity index (χ3v) is 3.78. The first-order chi connectivity index (χ1) is 11.8. The van der Waals surface area contributed by atoms with Crippen molar-refractivity contribution in [3.63, 3.8) is 0 Å². The first-order valence-electron chi connectivity index (χ1n) is 7.30. The molecule has 0 bridgehead atoms. The van der Waals surface area contributed by atoms with Crippen molar-refractivity contribution < 1.29 is 18.0 Å². The summed E-state index contributed by atoms with van der Waals surface area (Å²) in [6.07, 6.45) is -5.00. The summed E-state index contributed by atoms with van der Waals surface area (Å²) < 4.78 is 37.7. The molecule has 2 aromatic rings. The van der Waals surface area contributed by atoms with E-state index in [9.17, 15) is 18.0 Å². The lowest BCUT2D eigenvalue weighted by molar-refractivity contribution is -0.167. The maximum absolute atomic E-state index is 12.6. The van der Waals surface area contributed by atoms with Crippen LogP contribution < -0.4 is 10.2 Å². The van der Waals surface area contributed by atoms with Crippen molar-refractivity contribution in [2.45, 2.75) is 20.0 Å². The van der Waals surface area contributed by atoms with Crippen molar-refractivity contribution >= 4 is 39.4 Å². The van der Waals surface area contributed by atoms with Crippen molar-refractivity contribution in [1.82, 2.24) is 10.2 Å². The van der Waals surface area contributed by atoms with Crippen LogP contribution in [0.3, 0.4) is 0 Å². The fraction of sp³-hybridized carbons (Fsp3) is 0.357. The first-order valence-corrected chi connectivity index (χ1v) is 8.18. The van der Waals surface area contributed by atoms with Gasteiger partial charge in [-0.3, -0.25) is 4.79 Å². The van der Waals surface area contributed by atoms with Crippen LogP contribution in [-0.4, -0.2) is 35.4 Å². The molecule has 25 heavy (non-hydrogen) atoms. The van der Waals surface area contributed by atoms with Crippen LogP contribution in [0.1, 0.15) is 13.8 Å². The summed E-state index contributed by atoms with van der Waals surface area (Å²) in [5, 5.41) is 17.0. The fourth-order valence-electron chi connectivity index (χ4n) is 2.00. The summed E-state index contributed by atoms with van der Waals surface area (Å²) in [7, 11) is 0. The number of rotatable bonds is 6. The Morgan fingerprint density at radius 1 is 1.28 bits per heavy atom. The molecule has 1 N–H and O–H groups in total. The Bertz CT molecular complexity index is 744. The minimum Gasteiger partial charge on any atom is -0.372 e. The molecule has 0 atom stereocenters. The number of azo groups is 1. The van der Waals surface area contributed by atoms with E-state index in [1.807, 2.05) is 24.1 Å². The van der Waals surface area contributed by atoms with E-state index in [1.165, 1.54) is 17.6 Å². The van der Waals surface area contributed by atoms with E-state index in [0.717, 1.165) is 11.3 Å². The SMILES string of the molecule is CCN(CC)c1ccc(N=Nc2nncs2)c(NC(=O)C(F)(F)F)c1. The average Bonchev–Trinajstić information content (AvgIpc) is 3.07. The minimum absolute atomic E-state index is 0.0833. The van der Waals surface area contributed by atoms with Crippen LogP contribution in [-0.2, 0) is 4.79 Å². The Balaban J connectivity index is 2.38. The lowest BCUT2D eigenvalue weighted by Crippen LogP contribution is -2.30. The van der Waals surface area contributed by atoms with Gasteiger partial charge in [-0.2, -0.15) is 13.2 Å². The highest BCUT2D eigenvalue weighted by molar-refractivity contribution is 7.13. The molecule has 1 aromatic carbocycles. The molecular formula is C14H15F3N6OS. The quantitative estimate of drug-likeness (QED) is 0.767. The normalized spacial score (nSPS) is 11.7. The number of carbonyl (C=O) groups is 1. The van der Waals surface area contributed by atoms with Crippen LogP contribution in [0.4, 0.5) is 35.4 Å². The summed E-state index contributed by atoms with van der Waals surface area (Å²) in [6, 6.07) is 4.62. The lowest BCUT2D eigenvalue weighted by Gasteiger charge is -2.22. The van der Waals surface area contributed by atoms with Crippen LogP contribution >= 0.6 is 11.3 Å². The molecule has 2 rings (SSSR count). The standard InChI is InChI=1S/C14H15F3N6OS/c1-3-23(4-2)9-5-6-10(20-22-13-21-18-8-25-13)11(7-9)19-12(24)14(15,16)17/h5-8H,3-4H2,1-2H3,(H,19,24). The summed E-state index contributed by atoms with van der Waals surface area (Å²) in [5.74, 6) is -2.07. The van der Waals surface area contributed by atoms with E-state index < -0.39 is 12.1 Å². The van der Waals surface area contributed by atoms with Gasteiger partial charge in [0.25, 0.3) is 5.13 Å². The molecule has 0 aliphatic rings. The van der Waals surface area contributed by atoms with E-state index in [-0.39, 0.29) is 16.5 Å². The highest BCUT2D eigenvalue weighted by Gasteiger charge is 2.39. The topological polar surface area (TPSA) is 82.8 Å². The number of hydrogen-bond acceptors (Lipinski definition) is 7. The molecule has 0 aliphatic carbocycles. The van der Waals surface area contributed by atoms with Crippen molar-refractivity contribution in [3.8, 4) is 0 Å². The minimum atomic E-state index is -5.00. The average molecular weight is 372 g/mol. The second-order valence-corrected chi connectivity index (χ2v) is 5.56. The summed E-state index contributed by atoms with van der Waals surface area (Å²) >= 11 is 1.12. The predicted octanol–water partition coefficient (Wildman–Crippen LogP) is 4.30. The molecule has 134 valence electrons. The molecule has 0 radical (unpaired) electrons. The molecular weight excluding hydrogens is 357 g/mol. The van der Waals surface area contributed by atoms with Crippen molar-refractivity contribution in [3.05, 3.63) is 23.7 Å².